The second-order valence-corrected chi connectivity index (χ2v) is 5.03. The molecule has 0 amide bonds. The van der Waals surface area contributed by atoms with Crippen LogP contribution in [0.3, 0.4) is 0 Å². The van der Waals surface area contributed by atoms with Crippen LogP contribution in [0, 0.1) is 11.8 Å². The maximum absolute atomic E-state index is 5.79. The Balaban J connectivity index is 2.90. The van der Waals surface area contributed by atoms with Crippen molar-refractivity contribution in [1.29, 1.82) is 0 Å². The van der Waals surface area contributed by atoms with E-state index < -0.39 is 0 Å². The minimum atomic E-state index is 0.425. The lowest BCUT2D eigenvalue weighted by molar-refractivity contribution is 0.324. The molecule has 0 saturated heterocycles. The number of benzene rings is 1. The number of nitrogens with one attached hydrogen (secondary N) is 1. The zero-order chi connectivity index (χ0) is 15.1. The van der Waals surface area contributed by atoms with Crippen LogP contribution in [0.5, 0.6) is 17.2 Å². The molecule has 1 rings (SSSR count). The van der Waals surface area contributed by atoms with Gasteiger partial charge in [-0.3, -0.25) is 0 Å². The van der Waals surface area contributed by atoms with Crippen LogP contribution in [0.1, 0.15) is 13.8 Å². The van der Waals surface area contributed by atoms with E-state index >= 15 is 0 Å². The summed E-state index contributed by atoms with van der Waals surface area (Å²) in [5.74, 6) is 2.84. The van der Waals surface area contributed by atoms with Crippen molar-refractivity contribution < 1.29 is 14.2 Å². The van der Waals surface area contributed by atoms with Crippen LogP contribution in [-0.4, -0.2) is 34.4 Å². The first-order valence-corrected chi connectivity index (χ1v) is 6.81. The fraction of sp³-hybridized carbons (Fsp3) is 0.600. The van der Waals surface area contributed by atoms with Crippen LogP contribution in [0.15, 0.2) is 12.1 Å². The lowest BCUT2D eigenvalue weighted by Gasteiger charge is -2.21. The van der Waals surface area contributed by atoms with Crippen LogP contribution in [-0.2, 0) is 0 Å². The Kier molecular flexibility index (Phi) is 6.45. The molecule has 0 bridgehead atoms. The van der Waals surface area contributed by atoms with Crippen molar-refractivity contribution in [2.75, 3.05) is 39.7 Å². The lowest BCUT2D eigenvalue weighted by atomic mass is 9.96. The summed E-state index contributed by atoms with van der Waals surface area (Å²) in [4.78, 5) is 0. The minimum absolute atomic E-state index is 0.425. The Morgan fingerprint density at radius 2 is 1.60 bits per heavy atom. The zero-order valence-corrected chi connectivity index (χ0v) is 13.0. The van der Waals surface area contributed by atoms with Gasteiger partial charge in [0, 0.05) is 24.4 Å². The van der Waals surface area contributed by atoms with Crippen LogP contribution in [0.2, 0.25) is 0 Å². The van der Waals surface area contributed by atoms with Gasteiger partial charge in [0.1, 0.15) is 0 Å². The minimum Gasteiger partial charge on any atom is -0.493 e. The van der Waals surface area contributed by atoms with Gasteiger partial charge in [-0.05, 0) is 18.4 Å². The molecule has 5 nitrogen and oxygen atoms in total. The van der Waals surface area contributed by atoms with Crippen molar-refractivity contribution >= 4 is 5.69 Å². The summed E-state index contributed by atoms with van der Waals surface area (Å²) in [6.45, 7) is 5.82. The molecule has 1 atom stereocenters. The Bertz CT molecular complexity index is 397. The van der Waals surface area contributed by atoms with Crippen LogP contribution < -0.4 is 25.3 Å². The molecule has 0 aliphatic heterocycles. The third-order valence-electron chi connectivity index (χ3n) is 3.48. The summed E-state index contributed by atoms with van der Waals surface area (Å²) in [7, 11) is 4.81. The first-order valence-electron chi connectivity index (χ1n) is 6.81. The van der Waals surface area contributed by atoms with E-state index in [0.717, 1.165) is 12.2 Å². The zero-order valence-electron chi connectivity index (χ0n) is 13.0. The maximum Gasteiger partial charge on any atom is 0.203 e. The van der Waals surface area contributed by atoms with E-state index in [0.29, 0.717) is 35.6 Å². The van der Waals surface area contributed by atoms with E-state index in [1.165, 1.54) is 0 Å². The van der Waals surface area contributed by atoms with E-state index in [2.05, 4.69) is 19.2 Å². The van der Waals surface area contributed by atoms with Gasteiger partial charge in [-0.2, -0.15) is 0 Å². The average molecular weight is 282 g/mol. The second kappa shape index (κ2) is 7.85. The molecular weight excluding hydrogens is 256 g/mol. The van der Waals surface area contributed by atoms with Crippen LogP contribution in [0.4, 0.5) is 5.69 Å². The molecule has 3 N–H and O–H groups in total. The van der Waals surface area contributed by atoms with Gasteiger partial charge in [-0.15, -0.1) is 0 Å². The summed E-state index contributed by atoms with van der Waals surface area (Å²) in [6.07, 6.45) is 0. The van der Waals surface area contributed by atoms with E-state index in [1.807, 2.05) is 12.1 Å². The molecule has 0 heterocycles. The summed E-state index contributed by atoms with van der Waals surface area (Å²) in [6, 6.07) is 3.80. The molecule has 0 aromatic heterocycles. The number of hydrogen-bond donors (Lipinski definition) is 2. The van der Waals surface area contributed by atoms with E-state index in [-0.39, 0.29) is 0 Å². The lowest BCUT2D eigenvalue weighted by Crippen LogP contribution is -2.27. The number of methoxy groups -OCH3 is 3. The first kappa shape index (κ1) is 16.4. The Morgan fingerprint density at radius 1 is 1.05 bits per heavy atom. The molecular formula is C15H26N2O3. The van der Waals surface area contributed by atoms with Crippen molar-refractivity contribution in [3.63, 3.8) is 0 Å². The van der Waals surface area contributed by atoms with Gasteiger partial charge in [0.05, 0.1) is 21.3 Å². The predicted octanol–water partition coefficient (Wildman–Crippen LogP) is 2.36. The maximum atomic E-state index is 5.79. The first-order chi connectivity index (χ1) is 9.57. The van der Waals surface area contributed by atoms with Gasteiger partial charge in [-0.1, -0.05) is 13.8 Å². The molecule has 0 saturated carbocycles. The van der Waals surface area contributed by atoms with Gasteiger partial charge in [0.2, 0.25) is 5.75 Å². The Hall–Kier alpha value is -1.62. The third kappa shape index (κ3) is 3.93. The van der Waals surface area contributed by atoms with Gasteiger partial charge >= 0.3 is 0 Å². The molecule has 0 aliphatic carbocycles. The van der Waals surface area contributed by atoms with Crippen molar-refractivity contribution in [3.8, 4) is 17.2 Å². The van der Waals surface area contributed by atoms with Crippen molar-refractivity contribution in [3.05, 3.63) is 12.1 Å². The molecule has 0 aliphatic rings. The van der Waals surface area contributed by atoms with Crippen molar-refractivity contribution in [2.24, 2.45) is 17.6 Å². The third-order valence-corrected chi connectivity index (χ3v) is 3.48. The van der Waals surface area contributed by atoms with Crippen LogP contribution in [0.25, 0.3) is 0 Å². The highest BCUT2D eigenvalue weighted by Crippen LogP contribution is 2.39. The quantitative estimate of drug-likeness (QED) is 0.766. The molecule has 0 radical (unpaired) electrons. The molecule has 0 fully saturated rings. The Labute approximate surface area is 121 Å². The molecule has 1 aromatic carbocycles. The summed E-state index contributed by atoms with van der Waals surface area (Å²) < 4.78 is 16.0. The summed E-state index contributed by atoms with van der Waals surface area (Å²) in [5.41, 5.74) is 6.72. The van der Waals surface area contributed by atoms with Crippen molar-refractivity contribution in [2.45, 2.75) is 13.8 Å². The van der Waals surface area contributed by atoms with Gasteiger partial charge in [0.25, 0.3) is 0 Å². The summed E-state index contributed by atoms with van der Waals surface area (Å²) >= 11 is 0. The van der Waals surface area contributed by atoms with E-state index in [1.54, 1.807) is 21.3 Å². The fourth-order valence-electron chi connectivity index (χ4n) is 2.02. The standard InChI is InChI=1S/C15H26N2O3/c1-10(2)11(8-16)9-17-12-6-13(18-3)15(20-5)14(7-12)19-4/h6-7,10-11,17H,8-9,16H2,1-5H3. The molecule has 1 aromatic rings. The van der Waals surface area contributed by atoms with E-state index in [9.17, 15) is 0 Å². The second-order valence-electron chi connectivity index (χ2n) is 5.03. The highest BCUT2D eigenvalue weighted by molar-refractivity contribution is 5.62. The Morgan fingerprint density at radius 3 is 1.95 bits per heavy atom. The number of nitrogens with two attached hydrogens (primary N) is 1. The van der Waals surface area contributed by atoms with Gasteiger partial charge < -0.3 is 25.3 Å². The highest BCUT2D eigenvalue weighted by atomic mass is 16.5. The predicted molar refractivity (Wildman–Crippen MR) is 82.0 cm³/mol. The molecule has 20 heavy (non-hydrogen) atoms. The largest absolute Gasteiger partial charge is 0.493 e. The highest BCUT2D eigenvalue weighted by Gasteiger charge is 2.15. The summed E-state index contributed by atoms with van der Waals surface area (Å²) in [5, 5.41) is 3.38. The number of anilines is 1. The van der Waals surface area contributed by atoms with Gasteiger partial charge in [-0.25, -0.2) is 0 Å². The SMILES string of the molecule is COc1cc(NCC(CN)C(C)C)cc(OC)c1OC. The smallest absolute Gasteiger partial charge is 0.203 e. The van der Waals surface area contributed by atoms with Crippen molar-refractivity contribution in [1.82, 2.24) is 0 Å². The monoisotopic (exact) mass is 282 g/mol. The average Bonchev–Trinajstić information content (AvgIpc) is 2.46. The number of ether oxygens (including phenoxy) is 3. The fourth-order valence-corrected chi connectivity index (χ4v) is 2.02. The normalized spacial score (nSPS) is 12.2. The topological polar surface area (TPSA) is 65.7 Å². The number of hydrogen-bond acceptors (Lipinski definition) is 5. The molecule has 5 heteroatoms. The van der Waals surface area contributed by atoms with Gasteiger partial charge in [0.15, 0.2) is 11.5 Å². The molecule has 1 unspecified atom stereocenters. The molecule has 114 valence electrons. The number of rotatable bonds is 8. The van der Waals surface area contributed by atoms with Crippen LogP contribution >= 0.6 is 0 Å². The van der Waals surface area contributed by atoms with E-state index in [4.69, 9.17) is 19.9 Å². The molecule has 0 spiro atoms.